The lowest BCUT2D eigenvalue weighted by Crippen LogP contribution is -2.35. The van der Waals surface area contributed by atoms with E-state index in [1.54, 1.807) is 12.3 Å². The number of rotatable bonds is 5. The number of likely N-dealkylation sites (tertiary alicyclic amines) is 1. The monoisotopic (exact) mass is 363 g/mol. The molecule has 1 aromatic heterocycles. The number of hydrogen-bond donors (Lipinski definition) is 1. The number of nitrogens with zero attached hydrogens (tertiary/aromatic N) is 3. The predicted molar refractivity (Wildman–Crippen MR) is 106 cm³/mol. The molecule has 0 radical (unpaired) electrons. The summed E-state index contributed by atoms with van der Waals surface area (Å²) in [4.78, 5) is 6.91. The Hall–Kier alpha value is -2.79. The molecule has 2 aromatic carbocycles. The number of aromatic hydroxyl groups is 1. The van der Waals surface area contributed by atoms with E-state index in [4.69, 9.17) is 4.74 Å². The summed E-state index contributed by atoms with van der Waals surface area (Å²) in [7, 11) is 2.15. The molecule has 0 unspecified atom stereocenters. The van der Waals surface area contributed by atoms with Gasteiger partial charge in [0.15, 0.2) is 0 Å². The zero-order chi connectivity index (χ0) is 18.6. The molecule has 1 aliphatic rings. The van der Waals surface area contributed by atoms with Crippen molar-refractivity contribution in [2.75, 3.05) is 20.1 Å². The number of piperidine rings is 1. The molecule has 1 aliphatic heterocycles. The number of aromatic nitrogens is 2. The van der Waals surface area contributed by atoms with Gasteiger partial charge < -0.3 is 19.3 Å². The molecular formula is C22H25N3O2. The summed E-state index contributed by atoms with van der Waals surface area (Å²) in [5.74, 6) is 2.02. The van der Waals surface area contributed by atoms with Gasteiger partial charge in [-0.25, -0.2) is 4.98 Å². The lowest BCUT2D eigenvalue weighted by molar-refractivity contribution is 0.115. The van der Waals surface area contributed by atoms with E-state index in [0.29, 0.717) is 12.3 Å². The van der Waals surface area contributed by atoms with Crippen molar-refractivity contribution in [2.45, 2.75) is 25.5 Å². The lowest BCUT2D eigenvalue weighted by Gasteiger charge is -2.29. The Morgan fingerprint density at radius 1 is 1.07 bits per heavy atom. The molecule has 0 spiro atoms. The summed E-state index contributed by atoms with van der Waals surface area (Å²) in [6.45, 7) is 2.69. The second-order valence-electron chi connectivity index (χ2n) is 7.12. The largest absolute Gasteiger partial charge is 0.508 e. The van der Waals surface area contributed by atoms with E-state index < -0.39 is 0 Å². The van der Waals surface area contributed by atoms with E-state index in [1.807, 2.05) is 53.2 Å². The SMILES string of the molecule is CN1CCC(Oc2ccccc2-c2nccn2Cc2ccccc2O)CC1. The second-order valence-corrected chi connectivity index (χ2v) is 7.12. The van der Waals surface area contributed by atoms with Crippen LogP contribution in [0.25, 0.3) is 11.4 Å². The summed E-state index contributed by atoms with van der Waals surface area (Å²) < 4.78 is 8.41. The fourth-order valence-corrected chi connectivity index (χ4v) is 3.55. The molecule has 4 rings (SSSR count). The average molecular weight is 363 g/mol. The van der Waals surface area contributed by atoms with Crippen LogP contribution in [0.1, 0.15) is 18.4 Å². The van der Waals surface area contributed by atoms with Crippen LogP contribution in [0.2, 0.25) is 0 Å². The smallest absolute Gasteiger partial charge is 0.143 e. The number of imidazole rings is 1. The molecule has 1 N–H and O–H groups in total. The zero-order valence-electron chi connectivity index (χ0n) is 15.6. The van der Waals surface area contributed by atoms with Gasteiger partial charge in [-0.15, -0.1) is 0 Å². The Balaban J connectivity index is 1.59. The third-order valence-electron chi connectivity index (χ3n) is 5.13. The van der Waals surface area contributed by atoms with Crippen LogP contribution in [-0.4, -0.2) is 45.8 Å². The van der Waals surface area contributed by atoms with Crippen LogP contribution in [0.15, 0.2) is 60.9 Å². The Labute approximate surface area is 159 Å². The fraction of sp³-hybridized carbons (Fsp3) is 0.318. The van der Waals surface area contributed by atoms with Gasteiger partial charge in [0.25, 0.3) is 0 Å². The average Bonchev–Trinajstić information content (AvgIpc) is 3.14. The molecule has 27 heavy (non-hydrogen) atoms. The summed E-state index contributed by atoms with van der Waals surface area (Å²) in [5, 5.41) is 10.1. The molecule has 0 aliphatic carbocycles. The van der Waals surface area contributed by atoms with Gasteiger partial charge in [-0.3, -0.25) is 0 Å². The first-order valence-corrected chi connectivity index (χ1v) is 9.43. The maximum atomic E-state index is 10.1. The molecule has 0 saturated carbocycles. The van der Waals surface area contributed by atoms with Crippen molar-refractivity contribution < 1.29 is 9.84 Å². The summed E-state index contributed by atoms with van der Waals surface area (Å²) >= 11 is 0. The number of benzene rings is 2. The molecule has 3 aromatic rings. The van der Waals surface area contributed by atoms with Gasteiger partial charge in [-0.2, -0.15) is 0 Å². The van der Waals surface area contributed by atoms with Crippen LogP contribution in [0, 0.1) is 0 Å². The van der Waals surface area contributed by atoms with E-state index in [2.05, 4.69) is 16.9 Å². The first-order chi connectivity index (χ1) is 13.2. The van der Waals surface area contributed by atoms with Crippen LogP contribution < -0.4 is 4.74 Å². The summed E-state index contributed by atoms with van der Waals surface area (Å²) in [5.41, 5.74) is 1.85. The van der Waals surface area contributed by atoms with Gasteiger partial charge in [0, 0.05) is 31.0 Å². The highest BCUT2D eigenvalue weighted by molar-refractivity contribution is 5.64. The molecule has 1 saturated heterocycles. The molecule has 5 heteroatoms. The molecule has 2 heterocycles. The molecule has 1 fully saturated rings. The van der Waals surface area contributed by atoms with E-state index in [0.717, 1.165) is 48.6 Å². The number of phenolic OH excluding ortho intramolecular Hbond substituents is 1. The third-order valence-corrected chi connectivity index (χ3v) is 5.13. The van der Waals surface area contributed by atoms with E-state index in [9.17, 15) is 5.11 Å². The predicted octanol–water partition coefficient (Wildman–Crippen LogP) is 3.78. The standard InChI is InChI=1S/C22H25N3O2/c1-24-13-10-18(11-14-24)27-21-9-5-3-7-19(21)22-23-12-15-25(22)16-17-6-2-4-8-20(17)26/h2-9,12,15,18,26H,10-11,13-14,16H2,1H3. The molecular weight excluding hydrogens is 338 g/mol. The summed E-state index contributed by atoms with van der Waals surface area (Å²) in [6.07, 6.45) is 6.05. The Bertz CT molecular complexity index is 898. The van der Waals surface area contributed by atoms with Crippen LogP contribution >= 0.6 is 0 Å². The highest BCUT2D eigenvalue weighted by Crippen LogP contribution is 2.31. The van der Waals surface area contributed by atoms with Crippen molar-refractivity contribution in [1.82, 2.24) is 14.5 Å². The number of para-hydroxylation sites is 2. The molecule has 0 bridgehead atoms. The molecule has 140 valence electrons. The van der Waals surface area contributed by atoms with Crippen LogP contribution in [-0.2, 0) is 6.54 Å². The van der Waals surface area contributed by atoms with Gasteiger partial charge in [-0.05, 0) is 38.1 Å². The highest BCUT2D eigenvalue weighted by atomic mass is 16.5. The topological polar surface area (TPSA) is 50.5 Å². The lowest BCUT2D eigenvalue weighted by atomic mass is 10.1. The van der Waals surface area contributed by atoms with Crippen molar-refractivity contribution in [2.24, 2.45) is 0 Å². The summed E-state index contributed by atoms with van der Waals surface area (Å²) in [6, 6.07) is 15.5. The van der Waals surface area contributed by atoms with Gasteiger partial charge in [0.1, 0.15) is 23.4 Å². The zero-order valence-corrected chi connectivity index (χ0v) is 15.6. The van der Waals surface area contributed by atoms with E-state index in [-0.39, 0.29) is 6.10 Å². The third kappa shape index (κ3) is 3.98. The quantitative estimate of drug-likeness (QED) is 0.750. The molecule has 0 amide bonds. The minimum atomic E-state index is 0.240. The van der Waals surface area contributed by atoms with Crippen LogP contribution in [0.3, 0.4) is 0 Å². The van der Waals surface area contributed by atoms with Crippen molar-refractivity contribution in [3.8, 4) is 22.9 Å². The van der Waals surface area contributed by atoms with Gasteiger partial charge in [0.2, 0.25) is 0 Å². The van der Waals surface area contributed by atoms with Crippen molar-refractivity contribution >= 4 is 0 Å². The maximum Gasteiger partial charge on any atom is 0.143 e. The van der Waals surface area contributed by atoms with Crippen molar-refractivity contribution in [3.63, 3.8) is 0 Å². The van der Waals surface area contributed by atoms with Gasteiger partial charge in [-0.1, -0.05) is 30.3 Å². The Kier molecular flexibility index (Phi) is 5.12. The minimum absolute atomic E-state index is 0.240. The first kappa shape index (κ1) is 17.6. The number of ether oxygens (including phenoxy) is 1. The van der Waals surface area contributed by atoms with Gasteiger partial charge >= 0.3 is 0 Å². The van der Waals surface area contributed by atoms with E-state index in [1.165, 1.54) is 0 Å². The van der Waals surface area contributed by atoms with E-state index >= 15 is 0 Å². The first-order valence-electron chi connectivity index (χ1n) is 9.43. The molecule has 0 atom stereocenters. The Morgan fingerprint density at radius 3 is 2.63 bits per heavy atom. The molecule has 5 nitrogen and oxygen atoms in total. The second kappa shape index (κ2) is 7.84. The normalized spacial score (nSPS) is 15.7. The number of phenols is 1. The van der Waals surface area contributed by atoms with Crippen LogP contribution in [0.4, 0.5) is 0 Å². The maximum absolute atomic E-state index is 10.1. The Morgan fingerprint density at radius 2 is 1.81 bits per heavy atom. The minimum Gasteiger partial charge on any atom is -0.508 e. The number of hydrogen-bond acceptors (Lipinski definition) is 4. The van der Waals surface area contributed by atoms with Crippen molar-refractivity contribution in [3.05, 3.63) is 66.5 Å². The van der Waals surface area contributed by atoms with Gasteiger partial charge in [0.05, 0.1) is 12.1 Å². The van der Waals surface area contributed by atoms with Crippen LogP contribution in [0.5, 0.6) is 11.5 Å². The fourth-order valence-electron chi connectivity index (χ4n) is 3.55. The van der Waals surface area contributed by atoms with Crippen molar-refractivity contribution in [1.29, 1.82) is 0 Å². The highest BCUT2D eigenvalue weighted by Gasteiger charge is 2.20.